The molecule has 0 aliphatic carbocycles. The van der Waals surface area contributed by atoms with E-state index in [4.69, 9.17) is 4.43 Å². The second-order valence-corrected chi connectivity index (χ2v) is 12.0. The van der Waals surface area contributed by atoms with Crippen LogP contribution in [0.15, 0.2) is 77.6 Å². The van der Waals surface area contributed by atoms with Crippen molar-refractivity contribution in [2.24, 2.45) is 7.05 Å². The number of aromatic nitrogens is 2. The second kappa shape index (κ2) is 7.62. The Morgan fingerprint density at radius 2 is 1.41 bits per heavy atom. The third-order valence-electron chi connectivity index (χ3n) is 4.87. The van der Waals surface area contributed by atoms with Crippen LogP contribution in [0.3, 0.4) is 0 Å². The fourth-order valence-electron chi connectivity index (χ4n) is 3.57. The standard InChI is InChI=1S/C22H26N2O2Si/c1-22(2,3)27(19-11-7-5-8-12-19,20-13-9-6-10-14-20)26-17-18-15-16-21(25)24(4)23-18/h5-16H,17H2,1-4H3. The van der Waals surface area contributed by atoms with E-state index < -0.39 is 8.32 Å². The van der Waals surface area contributed by atoms with E-state index in [1.165, 1.54) is 21.1 Å². The maximum Gasteiger partial charge on any atom is 0.266 e. The van der Waals surface area contributed by atoms with Gasteiger partial charge in [0.25, 0.3) is 13.9 Å². The SMILES string of the molecule is Cn1nc(CO[Si](c2ccccc2)(c2ccccc2)C(C)(C)C)ccc1=O. The Kier molecular flexibility index (Phi) is 5.44. The maximum absolute atomic E-state index is 11.6. The molecule has 0 radical (unpaired) electrons. The van der Waals surface area contributed by atoms with Crippen LogP contribution >= 0.6 is 0 Å². The first-order valence-corrected chi connectivity index (χ1v) is 11.0. The van der Waals surface area contributed by atoms with E-state index in [1.54, 1.807) is 13.1 Å². The van der Waals surface area contributed by atoms with Gasteiger partial charge in [-0.25, -0.2) is 4.68 Å². The fourth-order valence-corrected chi connectivity index (χ4v) is 8.09. The van der Waals surface area contributed by atoms with Crippen LogP contribution in [0.5, 0.6) is 0 Å². The highest BCUT2D eigenvalue weighted by Crippen LogP contribution is 2.37. The first-order chi connectivity index (χ1) is 12.8. The van der Waals surface area contributed by atoms with Crippen molar-refractivity contribution in [2.75, 3.05) is 0 Å². The van der Waals surface area contributed by atoms with E-state index in [2.05, 4.69) is 74.4 Å². The lowest BCUT2D eigenvalue weighted by Crippen LogP contribution is -2.66. The molecule has 0 unspecified atom stereocenters. The van der Waals surface area contributed by atoms with E-state index in [0.717, 1.165) is 5.69 Å². The van der Waals surface area contributed by atoms with E-state index in [-0.39, 0.29) is 10.6 Å². The Morgan fingerprint density at radius 1 is 0.889 bits per heavy atom. The van der Waals surface area contributed by atoms with Crippen molar-refractivity contribution in [3.63, 3.8) is 0 Å². The summed E-state index contributed by atoms with van der Waals surface area (Å²) in [6.45, 7) is 7.09. The lowest BCUT2D eigenvalue weighted by Gasteiger charge is -2.43. The molecule has 3 rings (SSSR count). The Hall–Kier alpha value is -2.50. The molecule has 0 aliphatic heterocycles. The molecule has 1 aromatic heterocycles. The number of rotatable bonds is 5. The van der Waals surface area contributed by atoms with Crippen molar-refractivity contribution in [1.29, 1.82) is 0 Å². The second-order valence-electron chi connectivity index (χ2n) is 7.74. The van der Waals surface area contributed by atoms with Gasteiger partial charge in [-0.15, -0.1) is 0 Å². The number of nitrogens with zero attached hydrogens (tertiary/aromatic N) is 2. The fraction of sp³-hybridized carbons (Fsp3) is 0.273. The van der Waals surface area contributed by atoms with Crippen LogP contribution in [0.4, 0.5) is 0 Å². The average Bonchev–Trinajstić information content (AvgIpc) is 2.66. The number of hydrogen-bond acceptors (Lipinski definition) is 3. The summed E-state index contributed by atoms with van der Waals surface area (Å²) >= 11 is 0. The molecule has 0 N–H and O–H groups in total. The molecule has 0 saturated heterocycles. The molecule has 3 aromatic rings. The topological polar surface area (TPSA) is 44.1 Å². The van der Waals surface area contributed by atoms with Gasteiger partial charge in [0.15, 0.2) is 0 Å². The first-order valence-electron chi connectivity index (χ1n) is 9.13. The summed E-state index contributed by atoms with van der Waals surface area (Å²) in [6, 6.07) is 24.3. The van der Waals surface area contributed by atoms with E-state index >= 15 is 0 Å². The highest BCUT2D eigenvalue weighted by atomic mass is 28.4. The summed E-state index contributed by atoms with van der Waals surface area (Å²) in [5.41, 5.74) is 0.634. The lowest BCUT2D eigenvalue weighted by molar-refractivity contribution is 0.278. The quantitative estimate of drug-likeness (QED) is 0.641. The minimum absolute atomic E-state index is 0.0869. The summed E-state index contributed by atoms with van der Waals surface area (Å²) in [4.78, 5) is 11.6. The van der Waals surface area contributed by atoms with Gasteiger partial charge in [0.2, 0.25) is 0 Å². The van der Waals surface area contributed by atoms with Gasteiger partial charge in [0.05, 0.1) is 12.3 Å². The third kappa shape index (κ3) is 3.79. The molecule has 0 amide bonds. The van der Waals surface area contributed by atoms with E-state index in [0.29, 0.717) is 6.61 Å². The summed E-state index contributed by atoms with van der Waals surface area (Å²) < 4.78 is 8.16. The molecule has 140 valence electrons. The first kappa shape index (κ1) is 19.3. The van der Waals surface area contributed by atoms with Gasteiger partial charge in [0.1, 0.15) is 0 Å². The molecule has 0 aliphatic rings. The van der Waals surface area contributed by atoms with Crippen molar-refractivity contribution < 1.29 is 4.43 Å². The highest BCUT2D eigenvalue weighted by Gasteiger charge is 2.50. The van der Waals surface area contributed by atoms with Crippen molar-refractivity contribution in [2.45, 2.75) is 32.4 Å². The third-order valence-corrected chi connectivity index (χ3v) is 9.85. The summed E-state index contributed by atoms with van der Waals surface area (Å²) in [5.74, 6) is 0. The minimum Gasteiger partial charge on any atom is -0.401 e. The zero-order valence-electron chi connectivity index (χ0n) is 16.3. The van der Waals surface area contributed by atoms with Gasteiger partial charge in [-0.05, 0) is 21.5 Å². The summed E-state index contributed by atoms with van der Waals surface area (Å²) in [5, 5.41) is 6.72. The molecule has 27 heavy (non-hydrogen) atoms. The van der Waals surface area contributed by atoms with Gasteiger partial charge >= 0.3 is 0 Å². The van der Waals surface area contributed by atoms with Crippen LogP contribution in [0.25, 0.3) is 0 Å². The Morgan fingerprint density at radius 3 is 1.85 bits per heavy atom. The van der Waals surface area contributed by atoms with Crippen LogP contribution < -0.4 is 15.9 Å². The minimum atomic E-state index is -2.59. The predicted molar refractivity (Wildman–Crippen MR) is 112 cm³/mol. The van der Waals surface area contributed by atoms with Crippen molar-refractivity contribution in [1.82, 2.24) is 9.78 Å². The smallest absolute Gasteiger partial charge is 0.266 e. The van der Waals surface area contributed by atoms with Gasteiger partial charge in [-0.2, -0.15) is 5.10 Å². The molecule has 1 heterocycles. The molecule has 5 heteroatoms. The zero-order chi connectivity index (χ0) is 19.5. The molecule has 0 bridgehead atoms. The Balaban J connectivity index is 2.11. The number of aryl methyl sites for hydroxylation is 1. The predicted octanol–water partition coefficient (Wildman–Crippen LogP) is 2.86. The van der Waals surface area contributed by atoms with E-state index in [1.807, 2.05) is 12.1 Å². The number of hydrogen-bond donors (Lipinski definition) is 0. The molecule has 0 spiro atoms. The molecule has 4 nitrogen and oxygen atoms in total. The van der Waals surface area contributed by atoms with Crippen LogP contribution in [0.2, 0.25) is 5.04 Å². The Bertz CT molecular complexity index is 908. The summed E-state index contributed by atoms with van der Waals surface area (Å²) in [6.07, 6.45) is 0. The van der Waals surface area contributed by atoms with Gasteiger partial charge in [-0.1, -0.05) is 81.4 Å². The highest BCUT2D eigenvalue weighted by molar-refractivity contribution is 6.99. The van der Waals surface area contributed by atoms with Crippen molar-refractivity contribution in [3.8, 4) is 0 Å². The monoisotopic (exact) mass is 378 g/mol. The molecular weight excluding hydrogens is 352 g/mol. The van der Waals surface area contributed by atoms with E-state index in [9.17, 15) is 4.79 Å². The summed E-state index contributed by atoms with van der Waals surface area (Å²) in [7, 11) is -0.929. The molecule has 2 aromatic carbocycles. The average molecular weight is 379 g/mol. The lowest BCUT2D eigenvalue weighted by atomic mass is 10.2. The van der Waals surface area contributed by atoms with Gasteiger partial charge in [-0.3, -0.25) is 4.79 Å². The molecule has 0 atom stereocenters. The zero-order valence-corrected chi connectivity index (χ0v) is 17.3. The van der Waals surface area contributed by atoms with Crippen LogP contribution in [0.1, 0.15) is 26.5 Å². The molecule has 0 saturated carbocycles. The number of benzene rings is 2. The largest absolute Gasteiger partial charge is 0.401 e. The van der Waals surface area contributed by atoms with Gasteiger partial charge < -0.3 is 4.43 Å². The molecular formula is C22H26N2O2Si. The maximum atomic E-state index is 11.6. The van der Waals surface area contributed by atoms with Crippen LogP contribution in [-0.4, -0.2) is 18.1 Å². The Labute approximate surface area is 161 Å². The van der Waals surface area contributed by atoms with Crippen LogP contribution in [-0.2, 0) is 18.1 Å². The normalized spacial score (nSPS) is 12.1. The van der Waals surface area contributed by atoms with Crippen molar-refractivity contribution in [3.05, 3.63) is 88.8 Å². The van der Waals surface area contributed by atoms with Crippen molar-refractivity contribution >= 4 is 18.7 Å². The van der Waals surface area contributed by atoms with Gasteiger partial charge in [0, 0.05) is 13.1 Å². The molecule has 0 fully saturated rings. The van der Waals surface area contributed by atoms with Crippen LogP contribution in [0, 0.1) is 0 Å².